The van der Waals surface area contributed by atoms with Crippen molar-refractivity contribution in [1.29, 1.82) is 0 Å². The number of carbonyl (C=O) groups excluding carboxylic acids is 1. The fourth-order valence-corrected chi connectivity index (χ4v) is 1.65. The van der Waals surface area contributed by atoms with Gasteiger partial charge in [-0.3, -0.25) is 4.79 Å². The molecule has 0 aromatic heterocycles. The summed E-state index contributed by atoms with van der Waals surface area (Å²) in [7, 11) is 0. The van der Waals surface area contributed by atoms with Crippen molar-refractivity contribution in [2.24, 2.45) is 0 Å². The minimum absolute atomic E-state index is 0.229. The molecule has 0 saturated heterocycles. The Morgan fingerprint density at radius 3 is 2.83 bits per heavy atom. The average molecular weight is 251 g/mol. The second-order valence-electron chi connectivity index (χ2n) is 4.27. The number of aliphatic hydroxyl groups is 1. The maximum absolute atomic E-state index is 11.8. The molecule has 0 spiro atoms. The van der Waals surface area contributed by atoms with E-state index in [2.05, 4.69) is 5.32 Å². The highest BCUT2D eigenvalue weighted by atomic mass is 16.5. The summed E-state index contributed by atoms with van der Waals surface area (Å²) in [6.45, 7) is 3.06. The topological polar surface area (TPSA) is 67.8 Å². The van der Waals surface area contributed by atoms with E-state index >= 15 is 0 Å². The molecule has 1 amide bonds. The molecule has 0 unspecified atom stereocenters. The van der Waals surface area contributed by atoms with Crippen molar-refractivity contribution in [3.63, 3.8) is 0 Å². The summed E-state index contributed by atoms with van der Waals surface area (Å²) in [6.07, 6.45) is 0.271. The Balaban J connectivity index is 2.10. The monoisotopic (exact) mass is 251 g/mol. The Morgan fingerprint density at radius 2 is 2.11 bits per heavy atom. The number of amides is 1. The Hall–Kier alpha value is -1.75. The van der Waals surface area contributed by atoms with Crippen LogP contribution in [0.2, 0.25) is 0 Å². The fraction of sp³-hybridized carbons (Fsp3) is 0.462. The van der Waals surface area contributed by atoms with Crippen molar-refractivity contribution >= 4 is 5.91 Å². The van der Waals surface area contributed by atoms with Gasteiger partial charge in [-0.2, -0.15) is 0 Å². The number of ether oxygens (including phenoxy) is 2. The van der Waals surface area contributed by atoms with Crippen LogP contribution in [0.25, 0.3) is 0 Å². The molecule has 1 aliphatic rings. The minimum Gasteiger partial charge on any atom is -0.490 e. The first kappa shape index (κ1) is 12.7. The molecule has 0 aliphatic carbocycles. The van der Waals surface area contributed by atoms with Crippen molar-refractivity contribution in [2.75, 3.05) is 19.8 Å². The number of carbonyl (C=O) groups is 1. The maximum Gasteiger partial charge on any atom is 0.251 e. The van der Waals surface area contributed by atoms with Gasteiger partial charge in [0.2, 0.25) is 0 Å². The molecule has 0 bridgehead atoms. The minimum atomic E-state index is -0.561. The van der Waals surface area contributed by atoms with Crippen molar-refractivity contribution in [1.82, 2.24) is 5.32 Å². The van der Waals surface area contributed by atoms with E-state index in [0.29, 0.717) is 30.3 Å². The molecule has 98 valence electrons. The third kappa shape index (κ3) is 3.13. The highest BCUT2D eigenvalue weighted by molar-refractivity contribution is 5.94. The lowest BCUT2D eigenvalue weighted by Crippen LogP contribution is -2.30. The summed E-state index contributed by atoms with van der Waals surface area (Å²) in [4.78, 5) is 11.8. The normalized spacial score (nSPS) is 15.7. The van der Waals surface area contributed by atoms with Gasteiger partial charge in [0.05, 0.1) is 19.3 Å². The van der Waals surface area contributed by atoms with Crippen LogP contribution in [0.3, 0.4) is 0 Å². The van der Waals surface area contributed by atoms with Crippen LogP contribution in [0.4, 0.5) is 0 Å². The third-order valence-corrected chi connectivity index (χ3v) is 2.57. The maximum atomic E-state index is 11.8. The predicted octanol–water partition coefficient (Wildman–Crippen LogP) is 0.959. The number of fused-ring (bicyclic) bond motifs is 1. The summed E-state index contributed by atoms with van der Waals surface area (Å²) >= 11 is 0. The zero-order valence-corrected chi connectivity index (χ0v) is 10.3. The third-order valence-electron chi connectivity index (χ3n) is 2.57. The zero-order valence-electron chi connectivity index (χ0n) is 10.3. The van der Waals surface area contributed by atoms with Gasteiger partial charge in [-0.05, 0) is 25.1 Å². The van der Waals surface area contributed by atoms with Gasteiger partial charge in [0, 0.05) is 18.5 Å². The van der Waals surface area contributed by atoms with E-state index < -0.39 is 6.10 Å². The number of hydrogen-bond acceptors (Lipinski definition) is 4. The highest BCUT2D eigenvalue weighted by Gasteiger charge is 2.14. The van der Waals surface area contributed by atoms with Crippen LogP contribution >= 0.6 is 0 Å². The van der Waals surface area contributed by atoms with Crippen LogP contribution in [-0.4, -0.2) is 36.9 Å². The van der Waals surface area contributed by atoms with E-state index in [1.807, 2.05) is 0 Å². The van der Waals surface area contributed by atoms with E-state index in [4.69, 9.17) is 14.6 Å². The average Bonchev–Trinajstić information content (AvgIpc) is 2.60. The molecular weight excluding hydrogens is 234 g/mol. The van der Waals surface area contributed by atoms with Crippen molar-refractivity contribution in [3.05, 3.63) is 23.8 Å². The molecule has 0 saturated carbocycles. The lowest BCUT2D eigenvalue weighted by atomic mass is 10.2. The quantitative estimate of drug-likeness (QED) is 0.839. The number of aliphatic hydroxyl groups excluding tert-OH is 1. The molecule has 2 rings (SSSR count). The molecule has 1 aromatic rings. The van der Waals surface area contributed by atoms with Gasteiger partial charge in [-0.15, -0.1) is 0 Å². The smallest absolute Gasteiger partial charge is 0.251 e. The standard InChI is InChI=1S/C13H17NO4/c1-9(15)8-14-13(16)10-3-4-11-12(7-10)18-6-2-5-17-11/h3-4,7,9,15H,2,5-6,8H2,1H3,(H,14,16)/t9-/m0/s1. The summed E-state index contributed by atoms with van der Waals surface area (Å²) in [5, 5.41) is 11.8. The molecule has 2 N–H and O–H groups in total. The Kier molecular flexibility index (Phi) is 4.04. The molecule has 1 aromatic carbocycles. The van der Waals surface area contributed by atoms with Crippen LogP contribution in [0, 0.1) is 0 Å². The Labute approximate surface area is 106 Å². The highest BCUT2D eigenvalue weighted by Crippen LogP contribution is 2.30. The van der Waals surface area contributed by atoms with Crippen LogP contribution in [0.1, 0.15) is 23.7 Å². The van der Waals surface area contributed by atoms with E-state index in [-0.39, 0.29) is 12.5 Å². The van der Waals surface area contributed by atoms with E-state index in [1.54, 1.807) is 25.1 Å². The number of hydrogen-bond donors (Lipinski definition) is 2. The van der Waals surface area contributed by atoms with Crippen LogP contribution < -0.4 is 14.8 Å². The molecule has 1 aliphatic heterocycles. The van der Waals surface area contributed by atoms with Crippen molar-refractivity contribution < 1.29 is 19.4 Å². The SMILES string of the molecule is C[C@H](O)CNC(=O)c1ccc2c(c1)OCCCO2. The molecule has 1 atom stereocenters. The molecule has 1 heterocycles. The number of nitrogens with one attached hydrogen (secondary N) is 1. The van der Waals surface area contributed by atoms with Gasteiger partial charge >= 0.3 is 0 Å². The number of rotatable bonds is 3. The van der Waals surface area contributed by atoms with Crippen LogP contribution in [0.15, 0.2) is 18.2 Å². The first-order valence-electron chi connectivity index (χ1n) is 6.03. The van der Waals surface area contributed by atoms with Gasteiger partial charge in [0.15, 0.2) is 11.5 Å². The molecular formula is C13H17NO4. The summed E-state index contributed by atoms with van der Waals surface area (Å²) in [5.74, 6) is 1.03. The van der Waals surface area contributed by atoms with Gasteiger partial charge in [0.1, 0.15) is 0 Å². The second kappa shape index (κ2) is 5.73. The van der Waals surface area contributed by atoms with Crippen LogP contribution in [0.5, 0.6) is 11.5 Å². The first-order chi connectivity index (χ1) is 8.66. The first-order valence-corrected chi connectivity index (χ1v) is 6.03. The van der Waals surface area contributed by atoms with Gasteiger partial charge < -0.3 is 19.9 Å². The van der Waals surface area contributed by atoms with E-state index in [1.165, 1.54) is 0 Å². The molecule has 5 heteroatoms. The summed E-state index contributed by atoms with van der Waals surface area (Å²) < 4.78 is 11.0. The predicted molar refractivity (Wildman–Crippen MR) is 66.1 cm³/mol. The molecule has 18 heavy (non-hydrogen) atoms. The summed E-state index contributed by atoms with van der Waals surface area (Å²) in [5.41, 5.74) is 0.500. The Bertz CT molecular complexity index is 431. The fourth-order valence-electron chi connectivity index (χ4n) is 1.65. The van der Waals surface area contributed by atoms with Crippen molar-refractivity contribution in [2.45, 2.75) is 19.4 Å². The number of benzene rings is 1. The molecule has 0 radical (unpaired) electrons. The molecule has 0 fully saturated rings. The van der Waals surface area contributed by atoms with Gasteiger partial charge in [0.25, 0.3) is 5.91 Å². The van der Waals surface area contributed by atoms with E-state index in [9.17, 15) is 4.79 Å². The summed E-state index contributed by atoms with van der Waals surface area (Å²) in [6, 6.07) is 5.08. The lowest BCUT2D eigenvalue weighted by molar-refractivity contribution is 0.0923. The zero-order chi connectivity index (χ0) is 13.0. The van der Waals surface area contributed by atoms with E-state index in [0.717, 1.165) is 6.42 Å². The van der Waals surface area contributed by atoms with Gasteiger partial charge in [-0.1, -0.05) is 0 Å². The second-order valence-corrected chi connectivity index (χ2v) is 4.27. The molecule has 5 nitrogen and oxygen atoms in total. The Morgan fingerprint density at radius 1 is 1.39 bits per heavy atom. The van der Waals surface area contributed by atoms with Crippen LogP contribution in [-0.2, 0) is 0 Å². The largest absolute Gasteiger partial charge is 0.490 e. The van der Waals surface area contributed by atoms with Gasteiger partial charge in [-0.25, -0.2) is 0 Å². The van der Waals surface area contributed by atoms with Crippen molar-refractivity contribution in [3.8, 4) is 11.5 Å². The lowest BCUT2D eigenvalue weighted by Gasteiger charge is -2.10.